The fourth-order valence-electron chi connectivity index (χ4n) is 3.14. The van der Waals surface area contributed by atoms with Crippen LogP contribution in [0.4, 0.5) is 0 Å². The first-order chi connectivity index (χ1) is 14.5. The third kappa shape index (κ3) is 7.65. The predicted molar refractivity (Wildman–Crippen MR) is 130 cm³/mol. The number of rotatable bonds is 8. The lowest BCUT2D eigenvalue weighted by Gasteiger charge is -2.35. The highest BCUT2D eigenvalue weighted by atomic mass is 127. The number of hydrogen-bond donors (Lipinski definition) is 1. The molecule has 0 spiro atoms. The van der Waals surface area contributed by atoms with Gasteiger partial charge in [-0.25, -0.2) is 13.4 Å². The number of guanidine groups is 1. The van der Waals surface area contributed by atoms with Crippen molar-refractivity contribution in [3.63, 3.8) is 0 Å². The van der Waals surface area contributed by atoms with Gasteiger partial charge in [0.25, 0.3) is 0 Å². The lowest BCUT2D eigenvalue weighted by atomic mass is 10.2. The lowest BCUT2D eigenvalue weighted by Crippen LogP contribution is -2.54. The zero-order chi connectivity index (χ0) is 21.4. The molecule has 0 unspecified atom stereocenters. The zero-order valence-electron chi connectivity index (χ0n) is 17.9. The molecule has 0 radical (unpaired) electrons. The Bertz CT molecular complexity index is 912. The number of aromatic nitrogens is 1. The maximum absolute atomic E-state index is 12.6. The van der Waals surface area contributed by atoms with Crippen LogP contribution in [0, 0.1) is 6.92 Å². The van der Waals surface area contributed by atoms with Gasteiger partial charge in [0, 0.05) is 38.8 Å². The molecule has 31 heavy (non-hydrogen) atoms. The van der Waals surface area contributed by atoms with Gasteiger partial charge in [-0.2, -0.15) is 4.31 Å². The molecular formula is C20H30IN5O4S. The minimum absolute atomic E-state index is 0. The Morgan fingerprint density at radius 1 is 1.19 bits per heavy atom. The summed E-state index contributed by atoms with van der Waals surface area (Å²) in [5.74, 6) is 1.46. The molecule has 11 heteroatoms. The van der Waals surface area contributed by atoms with Gasteiger partial charge in [0.2, 0.25) is 10.0 Å². The van der Waals surface area contributed by atoms with Crippen molar-refractivity contribution in [1.82, 2.24) is 19.7 Å². The Labute approximate surface area is 200 Å². The topological polar surface area (TPSA) is 100 Å². The Balaban J connectivity index is 0.00000341. The number of nitrogens with one attached hydrogen (secondary N) is 1. The van der Waals surface area contributed by atoms with Crippen molar-refractivity contribution >= 4 is 40.0 Å². The standard InChI is InChI=1S/C20H29N5O4S.HI/c1-3-21-20(22-9-15-28-19-6-4-17(2)5-7-19)24-10-12-25(13-11-24)30(26,27)16-18-8-14-29-23-18;/h4-8,14H,3,9-13,15-16H2,1-2H3,(H,21,22);1H. The monoisotopic (exact) mass is 563 g/mol. The Hall–Kier alpha value is -1.86. The molecule has 172 valence electrons. The van der Waals surface area contributed by atoms with E-state index in [-0.39, 0.29) is 29.7 Å². The SMILES string of the molecule is CCNC(=NCCOc1ccc(C)cc1)N1CCN(S(=O)(=O)Cc2ccon2)CC1.I. The number of nitrogens with zero attached hydrogens (tertiary/aromatic N) is 4. The second kappa shape index (κ2) is 12.2. The summed E-state index contributed by atoms with van der Waals surface area (Å²) in [6.45, 7) is 7.74. The number of aryl methyl sites for hydroxylation is 1. The third-order valence-corrected chi connectivity index (χ3v) is 6.54. The fourth-order valence-corrected chi connectivity index (χ4v) is 4.57. The van der Waals surface area contributed by atoms with Crippen molar-refractivity contribution in [2.24, 2.45) is 4.99 Å². The van der Waals surface area contributed by atoms with Crippen LogP contribution in [-0.4, -0.2) is 74.6 Å². The molecule has 1 aliphatic rings. The van der Waals surface area contributed by atoms with E-state index in [0.29, 0.717) is 45.0 Å². The largest absolute Gasteiger partial charge is 0.492 e. The Morgan fingerprint density at radius 2 is 1.90 bits per heavy atom. The summed E-state index contributed by atoms with van der Waals surface area (Å²) in [5.41, 5.74) is 1.61. The summed E-state index contributed by atoms with van der Waals surface area (Å²) in [6.07, 6.45) is 1.38. The number of ether oxygens (including phenoxy) is 1. The molecule has 3 rings (SSSR count). The first-order valence-corrected chi connectivity index (χ1v) is 11.7. The summed E-state index contributed by atoms with van der Waals surface area (Å²) < 4.78 is 37.1. The predicted octanol–water partition coefficient (Wildman–Crippen LogP) is 2.09. The van der Waals surface area contributed by atoms with E-state index in [9.17, 15) is 8.42 Å². The summed E-state index contributed by atoms with van der Waals surface area (Å²) in [4.78, 5) is 6.71. The van der Waals surface area contributed by atoms with Crippen molar-refractivity contribution in [2.75, 3.05) is 45.9 Å². The van der Waals surface area contributed by atoms with E-state index in [1.165, 1.54) is 16.1 Å². The van der Waals surface area contributed by atoms with Crippen LogP contribution >= 0.6 is 24.0 Å². The van der Waals surface area contributed by atoms with Gasteiger partial charge < -0.3 is 19.5 Å². The minimum Gasteiger partial charge on any atom is -0.492 e. The van der Waals surface area contributed by atoms with E-state index < -0.39 is 10.0 Å². The highest BCUT2D eigenvalue weighted by molar-refractivity contribution is 14.0. The molecule has 2 heterocycles. The average Bonchev–Trinajstić information content (AvgIpc) is 3.24. The molecule has 1 aromatic heterocycles. The van der Waals surface area contributed by atoms with Gasteiger partial charge in [-0.05, 0) is 26.0 Å². The number of sulfonamides is 1. The lowest BCUT2D eigenvalue weighted by molar-refractivity contribution is 0.259. The number of halogens is 1. The van der Waals surface area contributed by atoms with Gasteiger partial charge in [-0.3, -0.25) is 0 Å². The zero-order valence-corrected chi connectivity index (χ0v) is 21.0. The molecule has 9 nitrogen and oxygen atoms in total. The van der Waals surface area contributed by atoms with Gasteiger partial charge in [-0.1, -0.05) is 22.9 Å². The second-order valence-electron chi connectivity index (χ2n) is 7.03. The fraction of sp³-hybridized carbons (Fsp3) is 0.500. The summed E-state index contributed by atoms with van der Waals surface area (Å²) in [5, 5.41) is 6.98. The van der Waals surface area contributed by atoms with Crippen molar-refractivity contribution in [3.05, 3.63) is 47.9 Å². The van der Waals surface area contributed by atoms with Gasteiger partial charge >= 0.3 is 0 Å². The maximum Gasteiger partial charge on any atom is 0.220 e. The van der Waals surface area contributed by atoms with E-state index in [0.717, 1.165) is 18.3 Å². The normalized spacial score (nSPS) is 15.4. The van der Waals surface area contributed by atoms with Gasteiger partial charge in [0.15, 0.2) is 5.96 Å². The molecule has 1 N–H and O–H groups in total. The summed E-state index contributed by atoms with van der Waals surface area (Å²) >= 11 is 0. The molecular weight excluding hydrogens is 533 g/mol. The van der Waals surface area contributed by atoms with Crippen LogP contribution in [0.3, 0.4) is 0 Å². The van der Waals surface area contributed by atoms with Crippen molar-refractivity contribution in [2.45, 2.75) is 19.6 Å². The second-order valence-corrected chi connectivity index (χ2v) is 9.00. The molecule has 0 atom stereocenters. The van der Waals surface area contributed by atoms with Crippen LogP contribution in [0.15, 0.2) is 46.1 Å². The molecule has 1 aromatic carbocycles. The number of hydrogen-bond acceptors (Lipinski definition) is 6. The van der Waals surface area contributed by atoms with Crippen LogP contribution in [0.25, 0.3) is 0 Å². The van der Waals surface area contributed by atoms with Crippen LogP contribution in [-0.2, 0) is 15.8 Å². The van der Waals surface area contributed by atoms with Crippen LogP contribution in [0.5, 0.6) is 5.75 Å². The molecule has 0 bridgehead atoms. The molecule has 1 saturated heterocycles. The highest BCUT2D eigenvalue weighted by Crippen LogP contribution is 2.13. The summed E-state index contributed by atoms with van der Waals surface area (Å²) in [7, 11) is -3.42. The molecule has 1 fully saturated rings. The number of aliphatic imine (C=N–C) groups is 1. The van der Waals surface area contributed by atoms with E-state index in [1.807, 2.05) is 38.1 Å². The van der Waals surface area contributed by atoms with Crippen LogP contribution in [0.1, 0.15) is 18.2 Å². The van der Waals surface area contributed by atoms with E-state index in [2.05, 4.69) is 20.4 Å². The highest BCUT2D eigenvalue weighted by Gasteiger charge is 2.28. The first-order valence-electron chi connectivity index (χ1n) is 10.1. The van der Waals surface area contributed by atoms with Crippen LogP contribution in [0.2, 0.25) is 0 Å². The molecule has 2 aromatic rings. The van der Waals surface area contributed by atoms with Gasteiger partial charge in [0.1, 0.15) is 24.4 Å². The van der Waals surface area contributed by atoms with Crippen molar-refractivity contribution in [1.29, 1.82) is 0 Å². The Kier molecular flexibility index (Phi) is 10.0. The van der Waals surface area contributed by atoms with E-state index >= 15 is 0 Å². The molecule has 1 aliphatic heterocycles. The average molecular weight is 563 g/mol. The van der Waals surface area contributed by atoms with Crippen molar-refractivity contribution < 1.29 is 17.7 Å². The molecule has 0 saturated carbocycles. The minimum atomic E-state index is -3.42. The maximum atomic E-state index is 12.6. The number of piperazine rings is 1. The molecule has 0 amide bonds. The Morgan fingerprint density at radius 3 is 2.52 bits per heavy atom. The summed E-state index contributed by atoms with van der Waals surface area (Å²) in [6, 6.07) is 9.49. The smallest absolute Gasteiger partial charge is 0.220 e. The third-order valence-electron chi connectivity index (χ3n) is 4.73. The first kappa shape index (κ1) is 25.4. The van der Waals surface area contributed by atoms with Gasteiger partial charge in [0.05, 0.1) is 12.2 Å². The van der Waals surface area contributed by atoms with E-state index in [4.69, 9.17) is 9.26 Å². The van der Waals surface area contributed by atoms with E-state index in [1.54, 1.807) is 6.07 Å². The van der Waals surface area contributed by atoms with Gasteiger partial charge in [-0.15, -0.1) is 24.0 Å². The number of benzene rings is 1. The quantitative estimate of drug-likeness (QED) is 0.227. The molecule has 0 aliphatic carbocycles. The van der Waals surface area contributed by atoms with Crippen LogP contribution < -0.4 is 10.1 Å². The van der Waals surface area contributed by atoms with Crippen molar-refractivity contribution in [3.8, 4) is 5.75 Å².